The molecular formula is C23H26N4O3. The largest absolute Gasteiger partial charge is 0.501 e. The monoisotopic (exact) mass is 406 g/mol. The maximum atomic E-state index is 12.8. The van der Waals surface area contributed by atoms with Crippen LogP contribution in [0.3, 0.4) is 0 Å². The Morgan fingerprint density at radius 2 is 1.93 bits per heavy atom. The number of para-hydroxylation sites is 1. The number of aromatic hydroxyl groups is 1. The van der Waals surface area contributed by atoms with E-state index in [4.69, 9.17) is 0 Å². The van der Waals surface area contributed by atoms with E-state index in [2.05, 4.69) is 20.3 Å². The predicted octanol–water partition coefficient (Wildman–Crippen LogP) is 3.70. The maximum absolute atomic E-state index is 12.8. The number of aromatic nitrogens is 3. The molecule has 0 spiro atoms. The molecule has 0 radical (unpaired) electrons. The summed E-state index contributed by atoms with van der Waals surface area (Å²) in [5.74, 6) is -0.668. The fraction of sp³-hybridized carbons (Fsp3) is 0.391. The Hall–Kier alpha value is -3.22. The average molecular weight is 406 g/mol. The standard InChI is InChI=1S/C23H26N4O3/c1-13-12-18(25-17-11-7-6-10-16(13)17)21-26-19(20(28)23(30)27-21)22(29)24-14(2)15-8-4-3-5-9-15/h6-7,10-12,14-15,28H,3-5,8-9H2,1-2H3,(H,24,29)(H,26,27,30)/t14-/m1/s1. The van der Waals surface area contributed by atoms with Crippen LogP contribution >= 0.6 is 0 Å². The number of benzene rings is 1. The molecule has 1 saturated carbocycles. The first kappa shape index (κ1) is 20.1. The van der Waals surface area contributed by atoms with E-state index in [1.165, 1.54) is 6.42 Å². The van der Waals surface area contributed by atoms with Gasteiger partial charge in [0.2, 0.25) is 5.75 Å². The zero-order chi connectivity index (χ0) is 21.3. The number of carbonyl (C=O) groups excluding carboxylic acids is 1. The number of aryl methyl sites for hydroxylation is 1. The van der Waals surface area contributed by atoms with Crippen LogP contribution in [-0.2, 0) is 0 Å². The fourth-order valence-corrected chi connectivity index (χ4v) is 4.24. The number of hydrogen-bond acceptors (Lipinski definition) is 5. The zero-order valence-corrected chi connectivity index (χ0v) is 17.2. The first-order chi connectivity index (χ1) is 14.4. The number of carbonyl (C=O) groups is 1. The van der Waals surface area contributed by atoms with Crippen LogP contribution in [-0.4, -0.2) is 32.0 Å². The van der Waals surface area contributed by atoms with Crippen molar-refractivity contribution in [2.24, 2.45) is 5.92 Å². The molecule has 0 aliphatic heterocycles. The number of fused-ring (bicyclic) bond motifs is 1. The number of rotatable bonds is 4. The zero-order valence-electron chi connectivity index (χ0n) is 17.2. The van der Waals surface area contributed by atoms with Crippen LogP contribution in [0.15, 0.2) is 35.1 Å². The van der Waals surface area contributed by atoms with Crippen LogP contribution < -0.4 is 10.9 Å². The lowest BCUT2D eigenvalue weighted by Crippen LogP contribution is -2.39. The van der Waals surface area contributed by atoms with Crippen LogP contribution in [0.2, 0.25) is 0 Å². The summed E-state index contributed by atoms with van der Waals surface area (Å²) >= 11 is 0. The summed E-state index contributed by atoms with van der Waals surface area (Å²) in [5.41, 5.74) is 1.15. The first-order valence-corrected chi connectivity index (χ1v) is 10.4. The van der Waals surface area contributed by atoms with Crippen LogP contribution in [0, 0.1) is 12.8 Å². The number of pyridine rings is 1. The Labute approximate surface area is 174 Å². The summed E-state index contributed by atoms with van der Waals surface area (Å²) < 4.78 is 0. The van der Waals surface area contributed by atoms with Gasteiger partial charge in [-0.1, -0.05) is 37.5 Å². The van der Waals surface area contributed by atoms with E-state index in [1.807, 2.05) is 44.2 Å². The van der Waals surface area contributed by atoms with Gasteiger partial charge in [-0.05, 0) is 50.3 Å². The third-order valence-electron chi connectivity index (χ3n) is 5.99. The molecule has 0 unspecified atom stereocenters. The minimum atomic E-state index is -0.761. The molecule has 1 aromatic carbocycles. The van der Waals surface area contributed by atoms with Gasteiger partial charge in [0.05, 0.1) is 5.52 Å². The van der Waals surface area contributed by atoms with Gasteiger partial charge in [0, 0.05) is 11.4 Å². The van der Waals surface area contributed by atoms with Crippen molar-refractivity contribution < 1.29 is 9.90 Å². The van der Waals surface area contributed by atoms with Crippen LogP contribution in [0.25, 0.3) is 22.4 Å². The molecule has 3 aromatic rings. The van der Waals surface area contributed by atoms with Crippen LogP contribution in [0.4, 0.5) is 0 Å². The van der Waals surface area contributed by atoms with Crippen molar-refractivity contribution >= 4 is 16.8 Å². The quantitative estimate of drug-likeness (QED) is 0.612. The molecule has 1 fully saturated rings. The topological polar surface area (TPSA) is 108 Å². The third kappa shape index (κ3) is 3.92. The summed E-state index contributed by atoms with van der Waals surface area (Å²) in [7, 11) is 0. The molecule has 7 heteroatoms. The second-order valence-electron chi connectivity index (χ2n) is 8.11. The molecule has 1 aliphatic carbocycles. The molecule has 0 saturated heterocycles. The molecule has 4 rings (SSSR count). The van der Waals surface area contributed by atoms with Gasteiger partial charge < -0.3 is 15.4 Å². The summed E-state index contributed by atoms with van der Waals surface area (Å²) in [4.78, 5) is 36.5. The maximum Gasteiger partial charge on any atom is 0.294 e. The Morgan fingerprint density at radius 3 is 2.70 bits per heavy atom. The number of amides is 1. The smallest absolute Gasteiger partial charge is 0.294 e. The van der Waals surface area contributed by atoms with Crippen molar-refractivity contribution in [2.75, 3.05) is 0 Å². The normalized spacial score (nSPS) is 15.8. The molecular weight excluding hydrogens is 380 g/mol. The molecule has 1 aliphatic rings. The highest BCUT2D eigenvalue weighted by Crippen LogP contribution is 2.27. The van der Waals surface area contributed by atoms with Gasteiger partial charge in [-0.2, -0.15) is 0 Å². The van der Waals surface area contributed by atoms with E-state index >= 15 is 0 Å². The Morgan fingerprint density at radius 1 is 1.20 bits per heavy atom. The van der Waals surface area contributed by atoms with Crippen molar-refractivity contribution in [3.8, 4) is 17.3 Å². The SMILES string of the molecule is Cc1cc(-c2nc(C(=O)N[C@H](C)C3CCCCC3)c(O)c(=O)[nH]2)nc2ccccc12. The minimum absolute atomic E-state index is 0.0530. The Bertz CT molecular complexity index is 1150. The molecule has 2 aromatic heterocycles. The summed E-state index contributed by atoms with van der Waals surface area (Å²) in [5, 5.41) is 14.1. The lowest BCUT2D eigenvalue weighted by Gasteiger charge is -2.28. The predicted molar refractivity (Wildman–Crippen MR) is 115 cm³/mol. The molecule has 2 heterocycles. The third-order valence-corrected chi connectivity index (χ3v) is 5.99. The molecule has 0 bridgehead atoms. The molecule has 1 amide bonds. The highest BCUT2D eigenvalue weighted by molar-refractivity contribution is 5.95. The van der Waals surface area contributed by atoms with Gasteiger partial charge in [-0.25, -0.2) is 9.97 Å². The van der Waals surface area contributed by atoms with Gasteiger partial charge in [-0.3, -0.25) is 9.59 Å². The van der Waals surface area contributed by atoms with Gasteiger partial charge in [0.15, 0.2) is 11.5 Å². The van der Waals surface area contributed by atoms with E-state index < -0.39 is 17.2 Å². The number of nitrogens with one attached hydrogen (secondary N) is 2. The van der Waals surface area contributed by atoms with Crippen LogP contribution in [0.5, 0.6) is 5.75 Å². The summed E-state index contributed by atoms with van der Waals surface area (Å²) in [6, 6.07) is 9.43. The lowest BCUT2D eigenvalue weighted by atomic mass is 9.84. The summed E-state index contributed by atoms with van der Waals surface area (Å²) in [6.45, 7) is 3.92. The van der Waals surface area contributed by atoms with Crippen molar-refractivity contribution in [3.63, 3.8) is 0 Å². The molecule has 30 heavy (non-hydrogen) atoms. The highest BCUT2D eigenvalue weighted by Gasteiger charge is 2.25. The molecule has 7 nitrogen and oxygen atoms in total. The second kappa shape index (κ2) is 8.26. The summed E-state index contributed by atoms with van der Waals surface area (Å²) in [6.07, 6.45) is 5.70. The molecule has 156 valence electrons. The Balaban J connectivity index is 1.67. The van der Waals surface area contributed by atoms with Gasteiger partial charge in [-0.15, -0.1) is 0 Å². The molecule has 3 N–H and O–H groups in total. The van der Waals surface area contributed by atoms with Crippen molar-refractivity contribution in [1.29, 1.82) is 0 Å². The van der Waals surface area contributed by atoms with E-state index in [-0.39, 0.29) is 17.6 Å². The lowest BCUT2D eigenvalue weighted by molar-refractivity contribution is 0.0911. The van der Waals surface area contributed by atoms with Crippen LogP contribution in [0.1, 0.15) is 55.1 Å². The Kier molecular flexibility index (Phi) is 5.53. The second-order valence-corrected chi connectivity index (χ2v) is 8.11. The fourth-order valence-electron chi connectivity index (χ4n) is 4.24. The van der Waals surface area contributed by atoms with Crippen molar-refractivity contribution in [3.05, 3.63) is 51.9 Å². The highest BCUT2D eigenvalue weighted by atomic mass is 16.3. The van der Waals surface area contributed by atoms with Gasteiger partial charge in [0.1, 0.15) is 5.69 Å². The van der Waals surface area contributed by atoms with Crippen molar-refractivity contribution in [1.82, 2.24) is 20.3 Å². The van der Waals surface area contributed by atoms with E-state index in [1.54, 1.807) is 0 Å². The van der Waals surface area contributed by atoms with Gasteiger partial charge >= 0.3 is 0 Å². The number of H-pyrrole nitrogens is 1. The van der Waals surface area contributed by atoms with E-state index in [0.29, 0.717) is 11.6 Å². The first-order valence-electron chi connectivity index (χ1n) is 10.4. The molecule has 1 atom stereocenters. The van der Waals surface area contributed by atoms with Crippen molar-refractivity contribution in [2.45, 2.75) is 52.0 Å². The number of aromatic amines is 1. The minimum Gasteiger partial charge on any atom is -0.501 e. The average Bonchev–Trinajstić information content (AvgIpc) is 2.76. The van der Waals surface area contributed by atoms with E-state index in [9.17, 15) is 14.7 Å². The number of nitrogens with zero attached hydrogens (tertiary/aromatic N) is 2. The van der Waals surface area contributed by atoms with E-state index in [0.717, 1.165) is 42.1 Å². The number of hydrogen-bond donors (Lipinski definition) is 3. The van der Waals surface area contributed by atoms with Gasteiger partial charge in [0.25, 0.3) is 11.5 Å².